The van der Waals surface area contributed by atoms with Crippen LogP contribution in [0.4, 0.5) is 18.9 Å². The molecule has 0 aromatic heterocycles. The highest BCUT2D eigenvalue weighted by Crippen LogP contribution is 2.35. The number of piperidine rings is 1. The van der Waals surface area contributed by atoms with E-state index in [-0.39, 0.29) is 24.1 Å². The summed E-state index contributed by atoms with van der Waals surface area (Å²) >= 11 is 5.70. The van der Waals surface area contributed by atoms with E-state index in [9.17, 15) is 37.1 Å². The third kappa shape index (κ3) is 5.54. The molecule has 2 heterocycles. The second-order valence-electron chi connectivity index (χ2n) is 8.68. The average Bonchev–Trinajstić information content (AvgIpc) is 3.11. The van der Waals surface area contributed by atoms with Crippen LogP contribution < -0.4 is 16.0 Å². The number of hydrogen-bond acceptors (Lipinski definition) is 6. The van der Waals surface area contributed by atoms with Crippen LogP contribution in [0.5, 0.6) is 0 Å². The third-order valence-electron chi connectivity index (χ3n) is 6.03. The number of imide groups is 2. The van der Waals surface area contributed by atoms with Gasteiger partial charge < -0.3 is 10.6 Å². The van der Waals surface area contributed by atoms with Crippen LogP contribution in [0, 0.1) is 0 Å². The summed E-state index contributed by atoms with van der Waals surface area (Å²) in [6.45, 7) is 1.65. The van der Waals surface area contributed by atoms with Gasteiger partial charge in [-0.3, -0.25) is 34.2 Å². The first-order valence-corrected chi connectivity index (χ1v) is 11.7. The molecule has 0 radical (unpaired) electrons. The van der Waals surface area contributed by atoms with Crippen molar-refractivity contribution in [2.24, 2.45) is 0 Å². The van der Waals surface area contributed by atoms with Crippen molar-refractivity contribution in [1.82, 2.24) is 15.5 Å². The van der Waals surface area contributed by atoms with E-state index in [1.54, 1.807) is 31.2 Å². The molecule has 2 aromatic rings. The maximum atomic E-state index is 12.9. The molecule has 13 heteroatoms. The molecule has 0 aliphatic carbocycles. The van der Waals surface area contributed by atoms with Gasteiger partial charge in [0.05, 0.1) is 16.6 Å². The molecule has 1 fully saturated rings. The van der Waals surface area contributed by atoms with Gasteiger partial charge in [-0.15, -0.1) is 0 Å². The number of nitrogens with zero attached hydrogens (tertiary/aromatic N) is 1. The molecular formula is C25H20ClF3N4O5. The Morgan fingerprint density at radius 3 is 2.53 bits per heavy atom. The van der Waals surface area contributed by atoms with E-state index >= 15 is 0 Å². The van der Waals surface area contributed by atoms with Gasteiger partial charge in [-0.25, -0.2) is 0 Å². The van der Waals surface area contributed by atoms with Gasteiger partial charge in [0.2, 0.25) is 11.8 Å². The number of halogens is 4. The Morgan fingerprint density at radius 2 is 1.87 bits per heavy atom. The van der Waals surface area contributed by atoms with E-state index in [2.05, 4.69) is 16.0 Å². The van der Waals surface area contributed by atoms with E-state index in [1.807, 2.05) is 0 Å². The van der Waals surface area contributed by atoms with Crippen molar-refractivity contribution in [2.45, 2.75) is 38.0 Å². The summed E-state index contributed by atoms with van der Waals surface area (Å²) in [4.78, 5) is 62.2. The first-order chi connectivity index (χ1) is 17.8. The van der Waals surface area contributed by atoms with Gasteiger partial charge in [0.25, 0.3) is 17.7 Å². The predicted octanol–water partition coefficient (Wildman–Crippen LogP) is 3.32. The summed E-state index contributed by atoms with van der Waals surface area (Å²) in [5, 5.41) is 7.02. The van der Waals surface area contributed by atoms with Crippen LogP contribution in [0.2, 0.25) is 5.02 Å². The van der Waals surface area contributed by atoms with E-state index in [0.29, 0.717) is 11.3 Å². The minimum atomic E-state index is -4.65. The predicted molar refractivity (Wildman–Crippen MR) is 129 cm³/mol. The van der Waals surface area contributed by atoms with Crippen molar-refractivity contribution < 1.29 is 37.1 Å². The highest BCUT2D eigenvalue weighted by Gasteiger charge is 2.42. The van der Waals surface area contributed by atoms with Gasteiger partial charge >= 0.3 is 6.18 Å². The summed E-state index contributed by atoms with van der Waals surface area (Å²) in [6.07, 6.45) is -3.56. The number of benzene rings is 2. The summed E-state index contributed by atoms with van der Waals surface area (Å²) < 4.78 is 38.8. The number of anilines is 1. The SMILES string of the molecule is CC(NC(=O)c1ccc(C(F)(F)F)c(Cl)c1)c1cccc(NC2=CC(=O)N(C3CCC(=O)NC3=O)C2=O)c1. The zero-order valence-electron chi connectivity index (χ0n) is 19.7. The van der Waals surface area contributed by atoms with Crippen LogP contribution >= 0.6 is 11.6 Å². The topological polar surface area (TPSA) is 125 Å². The monoisotopic (exact) mass is 548 g/mol. The molecule has 9 nitrogen and oxygen atoms in total. The molecule has 1 saturated heterocycles. The molecule has 5 amide bonds. The summed E-state index contributed by atoms with van der Waals surface area (Å²) in [5.41, 5.74) is -0.196. The third-order valence-corrected chi connectivity index (χ3v) is 6.34. The average molecular weight is 549 g/mol. The van der Waals surface area contributed by atoms with Gasteiger partial charge in [-0.05, 0) is 49.2 Å². The van der Waals surface area contributed by atoms with E-state index < -0.39 is 58.4 Å². The van der Waals surface area contributed by atoms with Gasteiger partial charge in [0, 0.05) is 23.7 Å². The van der Waals surface area contributed by atoms with Crippen LogP contribution in [-0.2, 0) is 25.4 Å². The molecule has 2 aliphatic heterocycles. The van der Waals surface area contributed by atoms with Gasteiger partial charge in [-0.1, -0.05) is 23.7 Å². The lowest BCUT2D eigenvalue weighted by molar-refractivity contribution is -0.149. The molecule has 38 heavy (non-hydrogen) atoms. The van der Waals surface area contributed by atoms with Crippen LogP contribution in [0.15, 0.2) is 54.2 Å². The fourth-order valence-electron chi connectivity index (χ4n) is 4.09. The fourth-order valence-corrected chi connectivity index (χ4v) is 4.38. The Kier molecular flexibility index (Phi) is 7.27. The van der Waals surface area contributed by atoms with E-state index in [4.69, 9.17) is 11.6 Å². The number of carbonyl (C=O) groups excluding carboxylic acids is 5. The fraction of sp³-hybridized carbons (Fsp3) is 0.240. The quantitative estimate of drug-likeness (QED) is 0.476. The number of hydrogen-bond donors (Lipinski definition) is 3. The Balaban J connectivity index is 1.43. The van der Waals surface area contributed by atoms with Crippen LogP contribution in [0.3, 0.4) is 0 Å². The van der Waals surface area contributed by atoms with Crippen molar-refractivity contribution in [3.05, 3.63) is 76.0 Å². The lowest BCUT2D eigenvalue weighted by atomic mass is 10.0. The molecule has 2 aromatic carbocycles. The minimum Gasteiger partial charge on any atom is -0.351 e. The van der Waals surface area contributed by atoms with Crippen LogP contribution in [0.25, 0.3) is 0 Å². The molecular weight excluding hydrogens is 529 g/mol. The number of amides is 5. The number of alkyl halides is 3. The van der Waals surface area contributed by atoms with Gasteiger partial charge in [0.15, 0.2) is 0 Å². The number of nitrogens with one attached hydrogen (secondary N) is 3. The first-order valence-electron chi connectivity index (χ1n) is 11.3. The second-order valence-corrected chi connectivity index (χ2v) is 9.08. The molecule has 3 N–H and O–H groups in total. The van der Waals surface area contributed by atoms with E-state index in [0.717, 1.165) is 29.2 Å². The lowest BCUT2D eigenvalue weighted by Gasteiger charge is -2.28. The molecule has 4 rings (SSSR count). The van der Waals surface area contributed by atoms with E-state index in [1.165, 1.54) is 0 Å². The molecule has 2 unspecified atom stereocenters. The van der Waals surface area contributed by atoms with Crippen molar-refractivity contribution in [3.63, 3.8) is 0 Å². The Labute approximate surface area is 219 Å². The molecule has 2 atom stereocenters. The van der Waals surface area contributed by atoms with Crippen LogP contribution in [0.1, 0.15) is 47.3 Å². The maximum Gasteiger partial charge on any atom is 0.417 e. The smallest absolute Gasteiger partial charge is 0.351 e. The maximum absolute atomic E-state index is 12.9. The number of rotatable bonds is 6. The van der Waals surface area contributed by atoms with Crippen molar-refractivity contribution in [2.75, 3.05) is 5.32 Å². The zero-order chi connectivity index (χ0) is 27.8. The standard InChI is InChI=1S/C25H20ClF3N4O5/c1-12(30-22(36)14-5-6-16(17(26)10-14)25(27,28)29)13-3-2-4-15(9-13)31-18-11-21(35)33(24(18)38)19-7-8-20(34)32-23(19)37/h2-6,9-12,19,31H,7-8H2,1H3,(H,30,36)(H,32,34,37). The van der Waals surface area contributed by atoms with Gasteiger partial charge in [-0.2, -0.15) is 13.2 Å². The minimum absolute atomic E-state index is 0.000556. The molecule has 198 valence electrons. The van der Waals surface area contributed by atoms with Gasteiger partial charge in [0.1, 0.15) is 11.7 Å². The first kappa shape index (κ1) is 26.9. The largest absolute Gasteiger partial charge is 0.417 e. The normalized spacial score (nSPS) is 18.7. The summed E-state index contributed by atoms with van der Waals surface area (Å²) in [6, 6.07) is 7.54. The summed E-state index contributed by atoms with van der Waals surface area (Å²) in [5.74, 6) is -3.27. The molecule has 0 bridgehead atoms. The summed E-state index contributed by atoms with van der Waals surface area (Å²) in [7, 11) is 0. The Morgan fingerprint density at radius 1 is 1.13 bits per heavy atom. The highest BCUT2D eigenvalue weighted by atomic mass is 35.5. The zero-order valence-corrected chi connectivity index (χ0v) is 20.4. The highest BCUT2D eigenvalue weighted by molar-refractivity contribution is 6.31. The van der Waals surface area contributed by atoms with Crippen molar-refractivity contribution in [1.29, 1.82) is 0 Å². The molecule has 0 saturated carbocycles. The van der Waals surface area contributed by atoms with Crippen LogP contribution in [-0.4, -0.2) is 40.5 Å². The van der Waals surface area contributed by atoms with Crippen molar-refractivity contribution in [3.8, 4) is 0 Å². The Hall–Kier alpha value is -4.19. The number of carbonyl (C=O) groups is 5. The Bertz CT molecular complexity index is 1390. The van der Waals surface area contributed by atoms with Crippen molar-refractivity contribution >= 4 is 46.8 Å². The second kappa shape index (κ2) is 10.3. The lowest BCUT2D eigenvalue weighted by Crippen LogP contribution is -2.54. The molecule has 0 spiro atoms. The molecule has 2 aliphatic rings.